The second-order valence-electron chi connectivity index (χ2n) is 8.90. The smallest absolute Gasteiger partial charge is 0.422 e. The number of fused-ring (bicyclic) bond motifs is 1. The van der Waals surface area contributed by atoms with Crippen molar-refractivity contribution < 1.29 is 27.5 Å². The van der Waals surface area contributed by atoms with Gasteiger partial charge in [-0.2, -0.15) is 23.7 Å². The molecule has 0 spiro atoms. The van der Waals surface area contributed by atoms with Crippen molar-refractivity contribution in [1.82, 2.24) is 20.6 Å². The first-order chi connectivity index (χ1) is 18.6. The van der Waals surface area contributed by atoms with Crippen LogP contribution >= 0.6 is 0 Å². The summed E-state index contributed by atoms with van der Waals surface area (Å²) in [5.41, 5.74) is 1.96. The van der Waals surface area contributed by atoms with Crippen LogP contribution in [-0.4, -0.2) is 54.2 Å². The van der Waals surface area contributed by atoms with E-state index in [1.807, 2.05) is 19.1 Å². The van der Waals surface area contributed by atoms with Crippen molar-refractivity contribution in [2.24, 2.45) is 0 Å². The Kier molecular flexibility index (Phi) is 7.74. The van der Waals surface area contributed by atoms with Crippen molar-refractivity contribution in [3.63, 3.8) is 0 Å². The zero-order valence-corrected chi connectivity index (χ0v) is 21.0. The number of piperidine rings is 1. The van der Waals surface area contributed by atoms with E-state index in [9.17, 15) is 22.8 Å². The molecule has 1 saturated heterocycles. The number of aryl methyl sites for hydroxylation is 1. The summed E-state index contributed by atoms with van der Waals surface area (Å²) < 4.78 is 42.7. The third-order valence-corrected chi connectivity index (χ3v) is 6.49. The molecule has 202 valence electrons. The highest BCUT2D eigenvalue weighted by molar-refractivity contribution is 6.09. The molecule has 1 aromatic carbocycles. The van der Waals surface area contributed by atoms with Gasteiger partial charge in [-0.25, -0.2) is 9.99 Å². The van der Waals surface area contributed by atoms with E-state index >= 15 is 0 Å². The molecule has 10 nitrogen and oxygen atoms in total. The van der Waals surface area contributed by atoms with E-state index in [1.54, 1.807) is 24.2 Å². The van der Waals surface area contributed by atoms with Crippen molar-refractivity contribution in [3.05, 3.63) is 64.5 Å². The second-order valence-corrected chi connectivity index (χ2v) is 8.90. The number of halogens is 3. The number of nitriles is 2. The number of hydrogen-bond donors (Lipinski definition) is 2. The van der Waals surface area contributed by atoms with E-state index in [0.29, 0.717) is 29.8 Å². The summed E-state index contributed by atoms with van der Waals surface area (Å²) in [7, 11) is 1.69. The van der Waals surface area contributed by atoms with E-state index in [1.165, 1.54) is 29.4 Å². The molecule has 0 radical (unpaired) electrons. The highest BCUT2D eigenvalue weighted by Gasteiger charge is 2.48. The standard InChI is InChI=1S/C26H24F3N7O3/c1-3-16-10-17(39-14-26(27,28)29)5-6-18(16)19-11-20-22(24(37)34-19)23(25(38)32-9-8-30)36(35(20)2)21-7-4-15(12-31)13-33-21/h4-7,10,13,19-20H,3,9,11,14H2,1-2H3,(H,32,38)(H,34,37). The minimum absolute atomic E-state index is 0.0116. The molecule has 2 aromatic rings. The van der Waals surface area contributed by atoms with E-state index in [4.69, 9.17) is 15.3 Å². The molecular weight excluding hydrogens is 515 g/mol. The number of hydrazine groups is 1. The Morgan fingerprint density at radius 2 is 2.05 bits per heavy atom. The molecule has 2 amide bonds. The van der Waals surface area contributed by atoms with Crippen LogP contribution in [0, 0.1) is 22.7 Å². The van der Waals surface area contributed by atoms with Gasteiger partial charge in [0.25, 0.3) is 11.8 Å². The number of ether oxygens (including phenoxy) is 1. The van der Waals surface area contributed by atoms with E-state index in [-0.39, 0.29) is 23.6 Å². The molecule has 2 atom stereocenters. The molecule has 2 unspecified atom stereocenters. The Bertz CT molecular complexity index is 1390. The zero-order valence-electron chi connectivity index (χ0n) is 21.0. The van der Waals surface area contributed by atoms with Crippen molar-refractivity contribution >= 4 is 17.6 Å². The number of nitrogens with one attached hydrogen (secondary N) is 2. The molecule has 39 heavy (non-hydrogen) atoms. The van der Waals surface area contributed by atoms with Crippen molar-refractivity contribution in [3.8, 4) is 17.9 Å². The van der Waals surface area contributed by atoms with E-state index < -0.39 is 36.7 Å². The van der Waals surface area contributed by atoms with Crippen LogP contribution in [0.1, 0.15) is 36.1 Å². The van der Waals surface area contributed by atoms with Crippen LogP contribution in [0.5, 0.6) is 5.75 Å². The minimum Gasteiger partial charge on any atom is -0.484 e. The first kappa shape index (κ1) is 27.4. The highest BCUT2D eigenvalue weighted by atomic mass is 19.4. The molecule has 0 aliphatic carbocycles. The molecule has 2 aliphatic rings. The summed E-state index contributed by atoms with van der Waals surface area (Å²) in [4.78, 5) is 30.9. The highest BCUT2D eigenvalue weighted by Crippen LogP contribution is 2.40. The summed E-state index contributed by atoms with van der Waals surface area (Å²) in [6.07, 6.45) is -2.29. The third kappa shape index (κ3) is 5.63. The normalized spacial score (nSPS) is 19.2. The van der Waals surface area contributed by atoms with Crippen LogP contribution in [0.15, 0.2) is 47.8 Å². The van der Waals surface area contributed by atoms with Gasteiger partial charge >= 0.3 is 6.18 Å². The minimum atomic E-state index is -4.47. The second kappa shape index (κ2) is 11.0. The fourth-order valence-corrected chi connectivity index (χ4v) is 4.77. The molecule has 0 bridgehead atoms. The predicted molar refractivity (Wildman–Crippen MR) is 132 cm³/mol. The van der Waals surface area contributed by atoms with E-state index in [2.05, 4.69) is 15.6 Å². The van der Waals surface area contributed by atoms with Crippen molar-refractivity contribution in [1.29, 1.82) is 10.5 Å². The van der Waals surface area contributed by atoms with Crippen LogP contribution in [0.3, 0.4) is 0 Å². The Morgan fingerprint density at radius 1 is 1.28 bits per heavy atom. The maximum atomic E-state index is 13.5. The summed E-state index contributed by atoms with van der Waals surface area (Å²) in [5, 5.41) is 26.6. The summed E-state index contributed by atoms with van der Waals surface area (Å²) in [5.74, 6) is -0.768. The molecule has 2 N–H and O–H groups in total. The largest absolute Gasteiger partial charge is 0.484 e. The van der Waals surface area contributed by atoms with Crippen LogP contribution in [0.2, 0.25) is 0 Å². The molecular formula is C26H24F3N7O3. The number of anilines is 1. The molecule has 1 aromatic heterocycles. The number of hydrogen-bond acceptors (Lipinski definition) is 8. The number of likely N-dealkylation sites (N-methyl/N-ethyl adjacent to an activating group) is 1. The lowest BCUT2D eigenvalue weighted by Crippen LogP contribution is -2.47. The average molecular weight is 540 g/mol. The van der Waals surface area contributed by atoms with Gasteiger partial charge in [0.05, 0.1) is 29.3 Å². The van der Waals surface area contributed by atoms with Gasteiger partial charge in [-0.1, -0.05) is 13.0 Å². The number of carbonyl (C=O) groups excluding carboxylic acids is 2. The number of benzene rings is 1. The molecule has 0 saturated carbocycles. The Morgan fingerprint density at radius 3 is 2.67 bits per heavy atom. The topological polar surface area (TPSA) is 134 Å². The van der Waals surface area contributed by atoms with Crippen LogP contribution in [0.4, 0.5) is 19.0 Å². The van der Waals surface area contributed by atoms with Crippen molar-refractivity contribution in [2.45, 2.75) is 38.0 Å². The van der Waals surface area contributed by atoms with Gasteiger partial charge in [0.1, 0.15) is 29.9 Å². The lowest BCUT2D eigenvalue weighted by atomic mass is 9.87. The molecule has 13 heteroatoms. The number of carbonyl (C=O) groups is 2. The fraction of sp³-hybridized carbons (Fsp3) is 0.346. The van der Waals surface area contributed by atoms with Gasteiger partial charge in [0, 0.05) is 13.2 Å². The van der Waals surface area contributed by atoms with Crippen molar-refractivity contribution in [2.75, 3.05) is 25.2 Å². The lowest BCUT2D eigenvalue weighted by molar-refractivity contribution is -0.153. The molecule has 3 heterocycles. The Balaban J connectivity index is 1.69. The number of pyridine rings is 1. The summed E-state index contributed by atoms with van der Waals surface area (Å²) in [6.45, 7) is 0.165. The number of nitrogens with zero attached hydrogens (tertiary/aromatic N) is 5. The maximum absolute atomic E-state index is 13.5. The third-order valence-electron chi connectivity index (χ3n) is 6.49. The Hall–Kier alpha value is -4.62. The first-order valence-corrected chi connectivity index (χ1v) is 12.0. The summed E-state index contributed by atoms with van der Waals surface area (Å²) in [6, 6.07) is 10.4. The number of rotatable bonds is 7. The first-order valence-electron chi connectivity index (χ1n) is 12.0. The van der Waals surface area contributed by atoms with Crippen LogP contribution < -0.4 is 20.4 Å². The van der Waals surface area contributed by atoms with Gasteiger partial charge in [0.2, 0.25) is 0 Å². The SMILES string of the molecule is CCc1cc(OCC(F)(F)F)ccc1C1CC2C(=C(C(=O)NCC#N)N(c3ccc(C#N)cn3)N2C)C(=O)N1. The summed E-state index contributed by atoms with van der Waals surface area (Å²) >= 11 is 0. The zero-order chi connectivity index (χ0) is 28.3. The van der Waals surface area contributed by atoms with Crippen LogP contribution in [0.25, 0.3) is 0 Å². The van der Waals surface area contributed by atoms with Crippen LogP contribution in [-0.2, 0) is 16.0 Å². The molecule has 1 fully saturated rings. The van der Waals surface area contributed by atoms with Gasteiger partial charge < -0.3 is 15.4 Å². The van der Waals surface area contributed by atoms with Gasteiger partial charge in [-0.3, -0.25) is 14.6 Å². The van der Waals surface area contributed by atoms with E-state index in [0.717, 1.165) is 5.56 Å². The lowest BCUT2D eigenvalue weighted by Gasteiger charge is -2.35. The molecule has 2 aliphatic heterocycles. The monoisotopic (exact) mass is 539 g/mol. The fourth-order valence-electron chi connectivity index (χ4n) is 4.77. The Labute approximate surface area is 222 Å². The molecule has 4 rings (SSSR count). The quantitative estimate of drug-likeness (QED) is 0.513. The maximum Gasteiger partial charge on any atom is 0.422 e. The average Bonchev–Trinajstić information content (AvgIpc) is 3.22. The van der Waals surface area contributed by atoms with Gasteiger partial charge in [-0.05, 0) is 48.2 Å². The van der Waals surface area contributed by atoms with Gasteiger partial charge in [-0.15, -0.1) is 0 Å². The van der Waals surface area contributed by atoms with Gasteiger partial charge in [0.15, 0.2) is 6.61 Å². The predicted octanol–water partition coefficient (Wildman–Crippen LogP) is 2.65. The number of aromatic nitrogens is 1. The number of amides is 2. The number of alkyl halides is 3.